The number of amides is 1. The van der Waals surface area contributed by atoms with Gasteiger partial charge >= 0.3 is 12.1 Å². The van der Waals surface area contributed by atoms with Crippen molar-refractivity contribution in [2.45, 2.75) is 110 Å². The minimum Gasteiger partial charge on any atom is -0.458 e. The van der Waals surface area contributed by atoms with Crippen molar-refractivity contribution < 1.29 is 33.4 Å². The Morgan fingerprint density at radius 1 is 1.09 bits per heavy atom. The second-order valence-electron chi connectivity index (χ2n) is 13.7. The van der Waals surface area contributed by atoms with Crippen LogP contribution in [0.15, 0.2) is 12.4 Å². The molecule has 1 amide bonds. The largest absolute Gasteiger partial charge is 0.458 e. The standard InChI is InChI=1S/C32H49BN6O7S/c1-9-23-32(7)27(39(30(43)46-32)13-11-10-12-38-16-21(36-37-38)22-15-35-29(34)47-22)19(4)24(40)17(2)14-31(6,44-8)26(33)18(3)25(41)20(5)28(42)45-23/h15-20,23,26-27H,9-14,33H2,1-8H3,(H2,34,35)/t17-,18+,19+,20-,23-,26-,27-,31-,32-/m1/s1. The third kappa shape index (κ3) is 7.25. The third-order valence-electron chi connectivity index (χ3n) is 10.6. The van der Waals surface area contributed by atoms with E-state index in [9.17, 15) is 19.2 Å². The highest BCUT2D eigenvalue weighted by Gasteiger charge is 2.60. The number of carbonyl (C=O) groups is 4. The molecule has 2 saturated heterocycles. The average molecular weight is 673 g/mol. The van der Waals surface area contributed by atoms with Gasteiger partial charge in [0.25, 0.3) is 0 Å². The van der Waals surface area contributed by atoms with Crippen molar-refractivity contribution in [3.8, 4) is 10.6 Å². The van der Waals surface area contributed by atoms with Crippen molar-refractivity contribution in [3.05, 3.63) is 12.4 Å². The number of ketones is 2. The molecule has 9 atom stereocenters. The molecule has 2 aromatic rings. The molecule has 2 aliphatic heterocycles. The number of hydrogen-bond acceptors (Lipinski definition) is 12. The van der Waals surface area contributed by atoms with E-state index in [1.54, 1.807) is 43.7 Å². The molecule has 0 aromatic carbocycles. The van der Waals surface area contributed by atoms with E-state index in [0.717, 1.165) is 4.88 Å². The predicted molar refractivity (Wildman–Crippen MR) is 179 cm³/mol. The number of nitrogens with zero attached hydrogens (tertiary/aromatic N) is 5. The molecular formula is C32H49BN6O7S. The summed E-state index contributed by atoms with van der Waals surface area (Å²) in [5.74, 6) is -3.91. The number of methoxy groups -OCH3 is 1. The summed E-state index contributed by atoms with van der Waals surface area (Å²) in [6.07, 6.45) is 4.02. The summed E-state index contributed by atoms with van der Waals surface area (Å²) in [5.41, 5.74) is 4.28. The molecule has 47 heavy (non-hydrogen) atoms. The molecule has 2 aromatic heterocycles. The first kappa shape index (κ1) is 36.5. The van der Waals surface area contributed by atoms with Gasteiger partial charge in [0, 0.05) is 44.1 Å². The second-order valence-corrected chi connectivity index (χ2v) is 14.7. The Morgan fingerprint density at radius 3 is 2.38 bits per heavy atom. The van der Waals surface area contributed by atoms with Crippen LogP contribution in [0, 0.1) is 23.7 Å². The Balaban J connectivity index is 1.60. The Morgan fingerprint density at radius 2 is 1.77 bits per heavy atom. The van der Waals surface area contributed by atoms with Crippen LogP contribution in [-0.2, 0) is 35.1 Å². The molecule has 2 N–H and O–H groups in total. The number of nitrogen functional groups attached to an aromatic ring is 1. The summed E-state index contributed by atoms with van der Waals surface area (Å²) in [7, 11) is 3.50. The summed E-state index contributed by atoms with van der Waals surface area (Å²) in [6.45, 7) is 13.4. The summed E-state index contributed by atoms with van der Waals surface area (Å²) in [4.78, 5) is 61.3. The maximum absolute atomic E-state index is 14.2. The fraction of sp³-hybridized carbons (Fsp3) is 0.719. The highest BCUT2D eigenvalue weighted by atomic mass is 32.1. The molecule has 0 aliphatic carbocycles. The number of unbranched alkanes of at least 4 members (excludes halogenated alkanes) is 1. The smallest absolute Gasteiger partial charge is 0.410 e. The number of thiazole rings is 1. The normalized spacial score (nSPS) is 34.1. The van der Waals surface area contributed by atoms with Gasteiger partial charge in [0.1, 0.15) is 37.1 Å². The molecule has 15 heteroatoms. The van der Waals surface area contributed by atoms with Crippen LogP contribution in [-0.4, -0.2) is 93.4 Å². The number of rotatable bonds is 8. The first-order valence-corrected chi connectivity index (χ1v) is 17.3. The fourth-order valence-electron chi connectivity index (χ4n) is 7.37. The van der Waals surface area contributed by atoms with E-state index in [2.05, 4.69) is 15.3 Å². The SMILES string of the molecule is B[C@@H]1[C@@H](C)C(=O)[C@@H](C)C(=O)O[C@H](CC)[C@@]2(C)OC(=O)N(CCCCn3cc(-c4cnc(N)s4)nn3)[C@@H]2[C@@H](C)C(=O)[C@H](C)C[C@@]1(C)OC. The first-order valence-electron chi connectivity index (χ1n) is 16.5. The number of esters is 1. The van der Waals surface area contributed by atoms with Crippen molar-refractivity contribution in [1.82, 2.24) is 24.9 Å². The van der Waals surface area contributed by atoms with Gasteiger partial charge in [0.2, 0.25) is 0 Å². The molecule has 2 aliphatic rings. The van der Waals surface area contributed by atoms with Crippen LogP contribution < -0.4 is 5.73 Å². The van der Waals surface area contributed by atoms with Gasteiger partial charge in [-0.25, -0.2) is 9.78 Å². The number of aryl methyl sites for hydroxylation is 1. The summed E-state index contributed by atoms with van der Waals surface area (Å²) >= 11 is 1.33. The summed E-state index contributed by atoms with van der Waals surface area (Å²) in [5, 5.41) is 8.88. The number of ether oxygens (including phenoxy) is 3. The topological polar surface area (TPSA) is 169 Å². The molecular weight excluding hydrogens is 623 g/mol. The predicted octanol–water partition coefficient (Wildman–Crippen LogP) is 3.58. The third-order valence-corrected chi connectivity index (χ3v) is 11.5. The lowest BCUT2D eigenvalue weighted by molar-refractivity contribution is -0.171. The number of carbonyl (C=O) groups excluding carboxylic acids is 4. The monoisotopic (exact) mass is 672 g/mol. The molecule has 0 unspecified atom stereocenters. The van der Waals surface area contributed by atoms with E-state index in [0.29, 0.717) is 49.6 Å². The van der Waals surface area contributed by atoms with Crippen LogP contribution in [0.1, 0.15) is 74.1 Å². The molecule has 0 radical (unpaired) electrons. The number of aromatic nitrogens is 4. The second kappa shape index (κ2) is 14.4. The number of anilines is 1. The molecule has 0 bridgehead atoms. The number of fused-ring (bicyclic) bond motifs is 1. The molecule has 2 fully saturated rings. The van der Waals surface area contributed by atoms with Gasteiger partial charge < -0.3 is 24.8 Å². The van der Waals surface area contributed by atoms with Gasteiger partial charge in [-0.3, -0.25) is 19.1 Å². The minimum atomic E-state index is -1.33. The van der Waals surface area contributed by atoms with Gasteiger partial charge in [-0.15, -0.1) is 5.10 Å². The maximum Gasteiger partial charge on any atom is 0.410 e. The van der Waals surface area contributed by atoms with Crippen LogP contribution in [0.2, 0.25) is 5.82 Å². The first-order chi connectivity index (χ1) is 22.1. The zero-order valence-electron chi connectivity index (χ0n) is 29.0. The van der Waals surface area contributed by atoms with Crippen LogP contribution in [0.25, 0.3) is 10.6 Å². The molecule has 4 heterocycles. The van der Waals surface area contributed by atoms with Crippen molar-refractivity contribution in [3.63, 3.8) is 0 Å². The van der Waals surface area contributed by atoms with Crippen molar-refractivity contribution >= 4 is 47.9 Å². The quantitative estimate of drug-likeness (QED) is 0.188. The van der Waals surface area contributed by atoms with Crippen LogP contribution in [0.3, 0.4) is 0 Å². The highest BCUT2D eigenvalue weighted by molar-refractivity contribution is 7.18. The van der Waals surface area contributed by atoms with E-state index in [1.807, 2.05) is 41.7 Å². The lowest BCUT2D eigenvalue weighted by Crippen LogP contribution is -2.58. The fourth-order valence-corrected chi connectivity index (χ4v) is 8.00. The highest BCUT2D eigenvalue weighted by Crippen LogP contribution is 2.43. The van der Waals surface area contributed by atoms with Crippen molar-refractivity contribution in [2.75, 3.05) is 19.4 Å². The zero-order chi connectivity index (χ0) is 34.8. The van der Waals surface area contributed by atoms with Gasteiger partial charge in [-0.2, -0.15) is 0 Å². The Bertz CT molecular complexity index is 1470. The molecule has 0 spiro atoms. The van der Waals surface area contributed by atoms with E-state index in [4.69, 9.17) is 19.9 Å². The Labute approximate surface area is 281 Å². The number of nitrogens with two attached hydrogens (primary N) is 1. The molecule has 4 rings (SSSR count). The number of hydrogen-bond donors (Lipinski definition) is 1. The van der Waals surface area contributed by atoms with Gasteiger partial charge in [-0.1, -0.05) is 44.2 Å². The average Bonchev–Trinajstić information content (AvgIpc) is 3.76. The van der Waals surface area contributed by atoms with E-state index < -0.39 is 59.1 Å². The Hall–Kier alpha value is -3.33. The molecule has 13 nitrogen and oxygen atoms in total. The van der Waals surface area contributed by atoms with Gasteiger partial charge in [-0.05, 0) is 52.3 Å². The van der Waals surface area contributed by atoms with Crippen LogP contribution >= 0.6 is 11.3 Å². The van der Waals surface area contributed by atoms with E-state index in [1.165, 1.54) is 11.3 Å². The maximum atomic E-state index is 14.2. The van der Waals surface area contributed by atoms with Gasteiger partial charge in [0.05, 0.1) is 22.7 Å². The van der Waals surface area contributed by atoms with Crippen LogP contribution in [0.4, 0.5) is 9.93 Å². The molecule has 258 valence electrons. The summed E-state index contributed by atoms with van der Waals surface area (Å²) in [6, 6.07) is -0.712. The lowest BCUT2D eigenvalue weighted by Gasteiger charge is -2.43. The summed E-state index contributed by atoms with van der Waals surface area (Å²) < 4.78 is 19.8. The van der Waals surface area contributed by atoms with Crippen LogP contribution in [0.5, 0.6) is 0 Å². The van der Waals surface area contributed by atoms with Crippen molar-refractivity contribution in [2.24, 2.45) is 23.7 Å². The lowest BCUT2D eigenvalue weighted by atomic mass is 9.62. The number of Topliss-reactive ketones (excluding diaryl/α,β-unsaturated/α-hetero) is 2. The molecule has 0 saturated carbocycles. The van der Waals surface area contributed by atoms with Crippen molar-refractivity contribution in [1.29, 1.82) is 0 Å². The minimum absolute atomic E-state index is 0.0514. The zero-order valence-corrected chi connectivity index (χ0v) is 29.8. The number of cyclic esters (lactones) is 1. The van der Waals surface area contributed by atoms with Gasteiger partial charge in [0.15, 0.2) is 10.7 Å². The Kier molecular flexibility index (Phi) is 11.2. The van der Waals surface area contributed by atoms with E-state index in [-0.39, 0.29) is 17.4 Å². The van der Waals surface area contributed by atoms with E-state index >= 15 is 0 Å².